The molecule has 2 fully saturated rings. The summed E-state index contributed by atoms with van der Waals surface area (Å²) in [5.74, 6) is -1.17. The van der Waals surface area contributed by atoms with Crippen molar-refractivity contribution in [3.63, 3.8) is 0 Å². The van der Waals surface area contributed by atoms with Crippen LogP contribution in [0, 0.1) is 17.8 Å². The predicted octanol–water partition coefficient (Wildman–Crippen LogP) is 3.23. The van der Waals surface area contributed by atoms with Gasteiger partial charge in [0.25, 0.3) is 0 Å². The number of esters is 1. The Kier molecular flexibility index (Phi) is 5.60. The lowest BCUT2D eigenvalue weighted by molar-refractivity contribution is -0.164. The van der Waals surface area contributed by atoms with Gasteiger partial charge >= 0.3 is 5.97 Å². The van der Waals surface area contributed by atoms with Crippen LogP contribution in [0.5, 0.6) is 0 Å². The van der Waals surface area contributed by atoms with E-state index in [1.807, 2.05) is 26.0 Å². The van der Waals surface area contributed by atoms with Crippen molar-refractivity contribution in [1.29, 1.82) is 0 Å². The number of hydrogen-bond donors (Lipinski definition) is 0. The van der Waals surface area contributed by atoms with Crippen LogP contribution in [0.15, 0.2) is 12.2 Å². The monoisotopic (exact) mass is 347 g/mol. The smallest absolute Gasteiger partial charge is 0.329 e. The van der Waals surface area contributed by atoms with Gasteiger partial charge in [-0.2, -0.15) is 0 Å². The Bertz CT molecular complexity index is 536. The van der Waals surface area contributed by atoms with Gasteiger partial charge in [0.05, 0.1) is 11.8 Å². The van der Waals surface area contributed by atoms with Gasteiger partial charge in [-0.05, 0) is 50.9 Å². The van der Waals surface area contributed by atoms with E-state index in [2.05, 4.69) is 0 Å². The molecular weight excluding hydrogens is 318 g/mol. The lowest BCUT2D eigenvalue weighted by Crippen LogP contribution is -2.48. The highest BCUT2D eigenvalue weighted by Gasteiger charge is 2.51. The lowest BCUT2D eigenvalue weighted by Gasteiger charge is -2.29. The molecule has 0 unspecified atom stereocenters. The average molecular weight is 347 g/mol. The third kappa shape index (κ3) is 3.80. The number of carbonyl (C=O) groups excluding carboxylic acids is 3. The Morgan fingerprint density at radius 3 is 2.16 bits per heavy atom. The van der Waals surface area contributed by atoms with Crippen molar-refractivity contribution in [3.8, 4) is 0 Å². The first kappa shape index (κ1) is 18.2. The van der Waals surface area contributed by atoms with Crippen LogP contribution in [-0.4, -0.2) is 34.8 Å². The van der Waals surface area contributed by atoms with Crippen LogP contribution in [0.3, 0.4) is 0 Å². The summed E-state index contributed by atoms with van der Waals surface area (Å²) >= 11 is 0. The summed E-state index contributed by atoms with van der Waals surface area (Å²) in [6.45, 7) is 4.00. The average Bonchev–Trinajstić information content (AvgIpc) is 2.85. The number of amides is 2. The van der Waals surface area contributed by atoms with Gasteiger partial charge in [0, 0.05) is 0 Å². The molecule has 3 rings (SSSR count). The van der Waals surface area contributed by atoms with Crippen LogP contribution in [-0.2, 0) is 19.1 Å². The van der Waals surface area contributed by atoms with E-state index in [4.69, 9.17) is 4.74 Å². The molecule has 0 radical (unpaired) electrons. The first-order valence-corrected chi connectivity index (χ1v) is 9.71. The lowest BCUT2D eigenvalue weighted by atomic mass is 9.85. The van der Waals surface area contributed by atoms with Crippen molar-refractivity contribution < 1.29 is 19.1 Å². The number of ether oxygens (including phenoxy) is 1. The zero-order valence-corrected chi connectivity index (χ0v) is 15.3. The second-order valence-electron chi connectivity index (χ2n) is 8.04. The van der Waals surface area contributed by atoms with Gasteiger partial charge in [-0.3, -0.25) is 14.5 Å². The molecule has 138 valence electrons. The third-order valence-electron chi connectivity index (χ3n) is 5.66. The first-order valence-electron chi connectivity index (χ1n) is 9.71. The van der Waals surface area contributed by atoms with Gasteiger partial charge in [0.2, 0.25) is 11.8 Å². The summed E-state index contributed by atoms with van der Waals surface area (Å²) in [6, 6.07) is -0.771. The highest BCUT2D eigenvalue weighted by Crippen LogP contribution is 2.37. The molecule has 3 atom stereocenters. The number of nitrogens with zero attached hydrogens (tertiary/aromatic N) is 1. The Balaban J connectivity index is 1.76. The fourth-order valence-corrected chi connectivity index (χ4v) is 4.31. The number of fused-ring (bicyclic) bond motifs is 1. The number of imide groups is 1. The molecule has 0 aromatic heterocycles. The van der Waals surface area contributed by atoms with Crippen molar-refractivity contribution in [2.75, 3.05) is 0 Å². The van der Waals surface area contributed by atoms with Crippen LogP contribution < -0.4 is 0 Å². The molecule has 1 heterocycles. The van der Waals surface area contributed by atoms with Gasteiger partial charge in [-0.15, -0.1) is 0 Å². The fraction of sp³-hybridized carbons (Fsp3) is 0.750. The van der Waals surface area contributed by atoms with Gasteiger partial charge in [-0.25, -0.2) is 4.79 Å². The fourth-order valence-electron chi connectivity index (χ4n) is 4.31. The van der Waals surface area contributed by atoms with E-state index in [1.165, 1.54) is 11.3 Å². The molecule has 1 saturated carbocycles. The predicted molar refractivity (Wildman–Crippen MR) is 93.4 cm³/mol. The Labute approximate surface area is 149 Å². The summed E-state index contributed by atoms with van der Waals surface area (Å²) in [7, 11) is 0. The molecule has 1 saturated heterocycles. The van der Waals surface area contributed by atoms with Crippen molar-refractivity contribution in [2.45, 2.75) is 77.4 Å². The Morgan fingerprint density at radius 1 is 1.08 bits per heavy atom. The molecule has 0 aromatic carbocycles. The number of hydrogen-bond acceptors (Lipinski definition) is 4. The number of allylic oxidation sites excluding steroid dienone is 2. The second-order valence-corrected chi connectivity index (χ2v) is 8.04. The molecule has 0 N–H and O–H groups in total. The van der Waals surface area contributed by atoms with Crippen molar-refractivity contribution in [2.24, 2.45) is 17.8 Å². The molecule has 2 aliphatic carbocycles. The normalized spacial score (nSPS) is 28.4. The van der Waals surface area contributed by atoms with Gasteiger partial charge in [0.15, 0.2) is 0 Å². The number of carbonyl (C=O) groups is 3. The minimum absolute atomic E-state index is 0.0623. The van der Waals surface area contributed by atoms with E-state index in [0.717, 1.165) is 25.7 Å². The first-order chi connectivity index (χ1) is 12.0. The highest BCUT2D eigenvalue weighted by molar-refractivity contribution is 6.08. The Hall–Kier alpha value is -1.65. The zero-order chi connectivity index (χ0) is 18.0. The third-order valence-corrected chi connectivity index (χ3v) is 5.66. The van der Waals surface area contributed by atoms with Gasteiger partial charge in [-0.1, -0.05) is 32.4 Å². The SMILES string of the molecule is CC(C)C[C@H](C(=O)OC1CCCCC1)N1C(=O)[C@H]2CC=CC[C@H]2C1=O. The number of rotatable bonds is 5. The molecule has 0 spiro atoms. The minimum Gasteiger partial charge on any atom is -0.461 e. The summed E-state index contributed by atoms with van der Waals surface area (Å²) in [6.07, 6.45) is 10.6. The maximum absolute atomic E-state index is 12.8. The number of likely N-dealkylation sites (tertiary alicyclic amines) is 1. The summed E-state index contributed by atoms with van der Waals surface area (Å²) in [5.41, 5.74) is 0. The van der Waals surface area contributed by atoms with Crippen LogP contribution in [0.25, 0.3) is 0 Å². The maximum atomic E-state index is 12.8. The van der Waals surface area contributed by atoms with Crippen LogP contribution in [0.1, 0.15) is 65.2 Å². The standard InChI is InChI=1S/C20H29NO4/c1-13(2)12-17(20(24)25-14-8-4-3-5-9-14)21-18(22)15-10-6-7-11-16(15)19(21)23/h6-7,13-17H,3-5,8-12H2,1-2H3/t15-,16+,17-/m1/s1. The molecular formula is C20H29NO4. The summed E-state index contributed by atoms with van der Waals surface area (Å²) in [5, 5.41) is 0. The Morgan fingerprint density at radius 2 is 1.64 bits per heavy atom. The molecule has 25 heavy (non-hydrogen) atoms. The van der Waals surface area contributed by atoms with E-state index in [-0.39, 0.29) is 35.7 Å². The molecule has 5 heteroatoms. The van der Waals surface area contributed by atoms with Gasteiger partial charge in [0.1, 0.15) is 12.1 Å². The molecule has 5 nitrogen and oxygen atoms in total. The molecule has 3 aliphatic rings. The van der Waals surface area contributed by atoms with E-state index < -0.39 is 12.0 Å². The van der Waals surface area contributed by atoms with Crippen LogP contribution in [0.4, 0.5) is 0 Å². The van der Waals surface area contributed by atoms with Crippen LogP contribution >= 0.6 is 0 Å². The van der Waals surface area contributed by atoms with E-state index in [0.29, 0.717) is 19.3 Å². The molecule has 0 bridgehead atoms. The topological polar surface area (TPSA) is 63.7 Å². The zero-order valence-electron chi connectivity index (χ0n) is 15.3. The molecule has 1 aliphatic heterocycles. The maximum Gasteiger partial charge on any atom is 0.329 e. The minimum atomic E-state index is -0.771. The summed E-state index contributed by atoms with van der Waals surface area (Å²) < 4.78 is 5.72. The largest absolute Gasteiger partial charge is 0.461 e. The van der Waals surface area contributed by atoms with E-state index >= 15 is 0 Å². The quantitative estimate of drug-likeness (QED) is 0.435. The van der Waals surface area contributed by atoms with Crippen molar-refractivity contribution >= 4 is 17.8 Å². The summed E-state index contributed by atoms with van der Waals surface area (Å²) in [4.78, 5) is 39.8. The van der Waals surface area contributed by atoms with E-state index in [1.54, 1.807) is 0 Å². The van der Waals surface area contributed by atoms with E-state index in [9.17, 15) is 14.4 Å². The second kappa shape index (κ2) is 7.71. The van der Waals surface area contributed by atoms with Crippen LogP contribution in [0.2, 0.25) is 0 Å². The highest BCUT2D eigenvalue weighted by atomic mass is 16.5. The molecule has 2 amide bonds. The van der Waals surface area contributed by atoms with Crippen molar-refractivity contribution in [1.82, 2.24) is 4.90 Å². The molecule has 0 aromatic rings. The van der Waals surface area contributed by atoms with Crippen molar-refractivity contribution in [3.05, 3.63) is 12.2 Å². The van der Waals surface area contributed by atoms with Gasteiger partial charge < -0.3 is 4.74 Å².